The molecule has 0 bridgehead atoms. The summed E-state index contributed by atoms with van der Waals surface area (Å²) in [5.74, 6) is -0.206. The molecule has 1 aliphatic heterocycles. The van der Waals surface area contributed by atoms with Crippen molar-refractivity contribution in [1.29, 1.82) is 0 Å². The number of likely N-dealkylation sites (tertiary alicyclic amines) is 1. The van der Waals surface area contributed by atoms with E-state index in [0.717, 1.165) is 38.2 Å². The number of non-ortho nitro benzene ring substituents is 1. The third kappa shape index (κ3) is 5.06. The molecule has 0 saturated carbocycles. The van der Waals surface area contributed by atoms with E-state index in [1.165, 1.54) is 17.7 Å². The first-order chi connectivity index (χ1) is 17.5. The summed E-state index contributed by atoms with van der Waals surface area (Å²) in [6, 6.07) is 22.2. The Labute approximate surface area is 209 Å². The van der Waals surface area contributed by atoms with Gasteiger partial charge in [0.15, 0.2) is 0 Å². The molecule has 0 aliphatic carbocycles. The van der Waals surface area contributed by atoms with Gasteiger partial charge in [-0.05, 0) is 48.7 Å². The van der Waals surface area contributed by atoms with E-state index < -0.39 is 4.92 Å². The van der Waals surface area contributed by atoms with E-state index in [9.17, 15) is 14.9 Å². The molecule has 3 heterocycles. The minimum atomic E-state index is -0.444. The van der Waals surface area contributed by atoms with Gasteiger partial charge in [-0.25, -0.2) is 4.68 Å². The second kappa shape index (κ2) is 10.2. The predicted octanol–water partition coefficient (Wildman–Crippen LogP) is 4.18. The van der Waals surface area contributed by atoms with Crippen molar-refractivity contribution in [1.82, 2.24) is 24.6 Å². The van der Waals surface area contributed by atoms with Gasteiger partial charge in [0, 0.05) is 51.1 Å². The molecule has 0 spiro atoms. The molecule has 9 heteroatoms. The lowest BCUT2D eigenvalue weighted by Crippen LogP contribution is -2.44. The average molecular weight is 485 g/mol. The van der Waals surface area contributed by atoms with Crippen LogP contribution in [0.5, 0.6) is 0 Å². The number of hydrogen-bond donors (Lipinski definition) is 1. The van der Waals surface area contributed by atoms with Gasteiger partial charge in [0.05, 0.1) is 16.3 Å². The second-order valence-corrected chi connectivity index (χ2v) is 9.11. The molecule has 1 N–H and O–H groups in total. The summed E-state index contributed by atoms with van der Waals surface area (Å²) in [5, 5.41) is 19.0. The Kier molecular flexibility index (Phi) is 6.64. The van der Waals surface area contributed by atoms with Crippen LogP contribution in [0.25, 0.3) is 17.1 Å². The standard InChI is InChI=1S/C27H28N6O3/c1-30-15-5-8-25(30)24-18-26(32(29-24)22-9-11-23(12-10-22)33(35)36)27(34)28-21-13-16-31(17-14-21)19-20-6-3-2-4-7-20/h2-12,15,18,21H,13-14,16-17,19H2,1H3,(H,28,34). The molecule has 9 nitrogen and oxygen atoms in total. The van der Waals surface area contributed by atoms with Gasteiger partial charge < -0.3 is 9.88 Å². The number of benzene rings is 2. The van der Waals surface area contributed by atoms with Gasteiger partial charge in [0.25, 0.3) is 11.6 Å². The molecule has 0 unspecified atom stereocenters. The van der Waals surface area contributed by atoms with Crippen LogP contribution in [0.4, 0.5) is 5.69 Å². The SMILES string of the molecule is Cn1cccc1-c1cc(C(=O)NC2CCN(Cc3ccccc3)CC2)n(-c2ccc([N+](=O)[O-])cc2)n1. The molecule has 0 atom stereocenters. The highest BCUT2D eigenvalue weighted by atomic mass is 16.6. The fraction of sp³-hybridized carbons (Fsp3) is 0.259. The zero-order valence-electron chi connectivity index (χ0n) is 20.1. The molecule has 2 aromatic carbocycles. The van der Waals surface area contributed by atoms with Gasteiger partial charge in [-0.1, -0.05) is 30.3 Å². The summed E-state index contributed by atoms with van der Waals surface area (Å²) in [6.45, 7) is 2.74. The third-order valence-corrected chi connectivity index (χ3v) is 6.63. The third-order valence-electron chi connectivity index (χ3n) is 6.63. The molecular formula is C27H28N6O3. The molecule has 2 aromatic heterocycles. The summed E-state index contributed by atoms with van der Waals surface area (Å²) in [5.41, 5.74) is 3.79. The highest BCUT2D eigenvalue weighted by Gasteiger charge is 2.24. The Morgan fingerprint density at radius 2 is 1.78 bits per heavy atom. The van der Waals surface area contributed by atoms with Crippen molar-refractivity contribution in [2.75, 3.05) is 13.1 Å². The minimum Gasteiger partial charge on any atom is -0.349 e. The number of hydrogen-bond acceptors (Lipinski definition) is 5. The van der Waals surface area contributed by atoms with Crippen molar-refractivity contribution >= 4 is 11.6 Å². The molecule has 4 aromatic rings. The number of aryl methyl sites for hydroxylation is 1. The summed E-state index contributed by atoms with van der Waals surface area (Å²) in [4.78, 5) is 26.5. The van der Waals surface area contributed by atoms with Crippen LogP contribution in [-0.4, -0.2) is 49.2 Å². The zero-order valence-corrected chi connectivity index (χ0v) is 20.1. The summed E-state index contributed by atoms with van der Waals surface area (Å²) < 4.78 is 3.50. The Hall–Kier alpha value is -4.24. The van der Waals surface area contributed by atoms with Crippen molar-refractivity contribution in [2.45, 2.75) is 25.4 Å². The van der Waals surface area contributed by atoms with Gasteiger partial charge in [0.2, 0.25) is 0 Å². The van der Waals surface area contributed by atoms with Crippen molar-refractivity contribution in [3.05, 3.63) is 100 Å². The van der Waals surface area contributed by atoms with Crippen molar-refractivity contribution in [3.63, 3.8) is 0 Å². The number of carbonyl (C=O) groups excluding carboxylic acids is 1. The molecule has 36 heavy (non-hydrogen) atoms. The first-order valence-corrected chi connectivity index (χ1v) is 12.0. The predicted molar refractivity (Wildman–Crippen MR) is 137 cm³/mol. The van der Waals surface area contributed by atoms with E-state index in [4.69, 9.17) is 0 Å². The molecule has 184 valence electrons. The Morgan fingerprint density at radius 1 is 1.06 bits per heavy atom. The van der Waals surface area contributed by atoms with Gasteiger partial charge in [-0.2, -0.15) is 5.10 Å². The second-order valence-electron chi connectivity index (χ2n) is 9.11. The summed E-state index contributed by atoms with van der Waals surface area (Å²) in [7, 11) is 1.92. The quantitative estimate of drug-likeness (QED) is 0.313. The van der Waals surface area contributed by atoms with Crippen LogP contribution in [0.15, 0.2) is 79.0 Å². The number of aromatic nitrogens is 3. The van der Waals surface area contributed by atoms with Crippen LogP contribution >= 0.6 is 0 Å². The van der Waals surface area contributed by atoms with Crippen LogP contribution < -0.4 is 5.32 Å². The maximum Gasteiger partial charge on any atom is 0.270 e. The average Bonchev–Trinajstić information content (AvgIpc) is 3.52. The van der Waals surface area contributed by atoms with E-state index in [1.807, 2.05) is 36.0 Å². The lowest BCUT2D eigenvalue weighted by molar-refractivity contribution is -0.384. The number of piperidine rings is 1. The molecule has 1 saturated heterocycles. The van der Waals surface area contributed by atoms with Crippen molar-refractivity contribution < 1.29 is 9.72 Å². The van der Waals surface area contributed by atoms with Crippen LogP contribution in [0.1, 0.15) is 28.9 Å². The fourth-order valence-corrected chi connectivity index (χ4v) is 4.64. The van der Waals surface area contributed by atoms with Crippen LogP contribution in [0.2, 0.25) is 0 Å². The van der Waals surface area contributed by atoms with Gasteiger partial charge >= 0.3 is 0 Å². The number of amides is 1. The lowest BCUT2D eigenvalue weighted by Gasteiger charge is -2.32. The molecular weight excluding hydrogens is 456 g/mol. The number of nitrogens with zero attached hydrogens (tertiary/aromatic N) is 5. The topological polar surface area (TPSA) is 98.2 Å². The molecule has 0 radical (unpaired) electrons. The summed E-state index contributed by atoms with van der Waals surface area (Å²) in [6.07, 6.45) is 3.66. The van der Waals surface area contributed by atoms with Gasteiger partial charge in [-0.3, -0.25) is 19.8 Å². The minimum absolute atomic E-state index is 0.0122. The van der Waals surface area contributed by atoms with E-state index in [-0.39, 0.29) is 17.6 Å². The van der Waals surface area contributed by atoms with Crippen LogP contribution in [0.3, 0.4) is 0 Å². The van der Waals surface area contributed by atoms with Gasteiger partial charge in [0.1, 0.15) is 11.4 Å². The molecule has 1 amide bonds. The van der Waals surface area contributed by atoms with Gasteiger partial charge in [-0.15, -0.1) is 0 Å². The molecule has 1 fully saturated rings. The van der Waals surface area contributed by atoms with E-state index in [0.29, 0.717) is 17.1 Å². The highest BCUT2D eigenvalue weighted by molar-refractivity contribution is 5.94. The maximum absolute atomic E-state index is 13.4. The van der Waals surface area contributed by atoms with E-state index in [1.54, 1.807) is 22.9 Å². The maximum atomic E-state index is 13.4. The van der Waals surface area contributed by atoms with E-state index in [2.05, 4.69) is 39.6 Å². The zero-order chi connectivity index (χ0) is 25.1. The smallest absolute Gasteiger partial charge is 0.270 e. The number of rotatable bonds is 7. The monoisotopic (exact) mass is 484 g/mol. The molecule has 1 aliphatic rings. The molecule has 5 rings (SSSR count). The number of carbonyl (C=O) groups is 1. The highest BCUT2D eigenvalue weighted by Crippen LogP contribution is 2.24. The number of nitro benzene ring substituents is 1. The largest absolute Gasteiger partial charge is 0.349 e. The fourth-order valence-electron chi connectivity index (χ4n) is 4.64. The van der Waals surface area contributed by atoms with Crippen molar-refractivity contribution in [3.8, 4) is 17.1 Å². The van der Waals surface area contributed by atoms with Crippen LogP contribution in [-0.2, 0) is 13.6 Å². The van der Waals surface area contributed by atoms with Crippen LogP contribution in [0, 0.1) is 10.1 Å². The Balaban J connectivity index is 1.33. The number of nitrogens with one attached hydrogen (secondary N) is 1. The lowest BCUT2D eigenvalue weighted by atomic mass is 10.0. The first-order valence-electron chi connectivity index (χ1n) is 12.0. The van der Waals surface area contributed by atoms with Crippen molar-refractivity contribution in [2.24, 2.45) is 7.05 Å². The Morgan fingerprint density at radius 3 is 2.42 bits per heavy atom. The first kappa shape index (κ1) is 23.5. The van der Waals surface area contributed by atoms with E-state index >= 15 is 0 Å². The Bertz CT molecular complexity index is 1350. The summed E-state index contributed by atoms with van der Waals surface area (Å²) >= 11 is 0. The number of nitro groups is 1. The normalized spacial score (nSPS) is 14.6.